The average molecular weight is 411 g/mol. The van der Waals surface area contributed by atoms with E-state index in [9.17, 15) is 4.79 Å². The molecule has 0 bridgehead atoms. The Kier molecular flexibility index (Phi) is 5.88. The lowest BCUT2D eigenvalue weighted by Crippen LogP contribution is -2.40. The number of fused-ring (bicyclic) bond motifs is 1. The van der Waals surface area contributed by atoms with Gasteiger partial charge < -0.3 is 9.88 Å². The van der Waals surface area contributed by atoms with Crippen LogP contribution in [0, 0.1) is 5.92 Å². The summed E-state index contributed by atoms with van der Waals surface area (Å²) in [6.45, 7) is 6.87. The zero-order valence-corrected chi connectivity index (χ0v) is 17.7. The molecule has 5 nitrogen and oxygen atoms in total. The second-order valence-corrected chi connectivity index (χ2v) is 8.49. The first-order valence-corrected chi connectivity index (χ1v) is 10.6. The van der Waals surface area contributed by atoms with Gasteiger partial charge in [-0.3, -0.25) is 9.69 Å². The van der Waals surface area contributed by atoms with E-state index in [0.717, 1.165) is 49.5 Å². The fraction of sp³-hybridized carbons (Fsp3) is 0.391. The van der Waals surface area contributed by atoms with Crippen LogP contribution in [0.5, 0.6) is 0 Å². The number of amides is 1. The molecule has 1 aromatic heterocycles. The first-order chi connectivity index (χ1) is 14.0. The number of benzene rings is 2. The third kappa shape index (κ3) is 4.46. The van der Waals surface area contributed by atoms with Gasteiger partial charge in [-0.2, -0.15) is 0 Å². The molecule has 6 heteroatoms. The number of anilines is 1. The first kappa shape index (κ1) is 19.9. The van der Waals surface area contributed by atoms with Crippen LogP contribution < -0.4 is 5.32 Å². The molecule has 1 fully saturated rings. The summed E-state index contributed by atoms with van der Waals surface area (Å²) in [6, 6.07) is 15.9. The van der Waals surface area contributed by atoms with E-state index in [4.69, 9.17) is 16.6 Å². The maximum absolute atomic E-state index is 12.8. The number of halogens is 1. The second kappa shape index (κ2) is 8.56. The number of hydrogen-bond acceptors (Lipinski definition) is 3. The Morgan fingerprint density at radius 3 is 2.86 bits per heavy atom. The van der Waals surface area contributed by atoms with Crippen molar-refractivity contribution in [2.75, 3.05) is 18.4 Å². The molecular formula is C23H27ClN4O. The molecule has 29 heavy (non-hydrogen) atoms. The van der Waals surface area contributed by atoms with Crippen molar-refractivity contribution in [2.45, 2.75) is 39.3 Å². The number of likely N-dealkylation sites (tertiary alicyclic amines) is 1. The van der Waals surface area contributed by atoms with Crippen LogP contribution in [0.1, 0.15) is 38.6 Å². The highest BCUT2D eigenvalue weighted by Gasteiger charge is 2.27. The molecule has 0 saturated carbocycles. The number of nitrogens with zero attached hydrogens (tertiary/aromatic N) is 3. The molecule has 0 unspecified atom stereocenters. The minimum Gasteiger partial charge on any atom is -0.326 e. The van der Waals surface area contributed by atoms with Gasteiger partial charge in [0, 0.05) is 23.3 Å². The number of hydrogen-bond donors (Lipinski definition) is 1. The van der Waals surface area contributed by atoms with Crippen molar-refractivity contribution in [3.05, 3.63) is 59.4 Å². The number of imidazole rings is 1. The van der Waals surface area contributed by atoms with E-state index in [-0.39, 0.29) is 11.8 Å². The highest BCUT2D eigenvalue weighted by Crippen LogP contribution is 2.25. The lowest BCUT2D eigenvalue weighted by molar-refractivity contribution is -0.121. The van der Waals surface area contributed by atoms with E-state index in [1.807, 2.05) is 18.2 Å². The summed E-state index contributed by atoms with van der Waals surface area (Å²) in [7, 11) is 0. The lowest BCUT2D eigenvalue weighted by atomic mass is 9.97. The predicted molar refractivity (Wildman–Crippen MR) is 118 cm³/mol. The van der Waals surface area contributed by atoms with Gasteiger partial charge in [0.2, 0.25) is 5.91 Å². The number of carbonyl (C=O) groups excluding carboxylic acids is 1. The topological polar surface area (TPSA) is 50.2 Å². The number of carbonyl (C=O) groups is 1. The molecule has 152 valence electrons. The van der Waals surface area contributed by atoms with Gasteiger partial charge in [-0.1, -0.05) is 29.8 Å². The van der Waals surface area contributed by atoms with E-state index in [1.54, 1.807) is 12.1 Å². The standard InChI is InChI=1S/C23H27ClN4O/c1-16(2)28-21-11-4-3-10-20(21)26-22(28)15-27-12-6-7-17(14-27)23(29)25-19-9-5-8-18(24)13-19/h3-5,8-11,13,16-17H,6-7,12,14-15H2,1-2H3,(H,25,29)/t17-/m1/s1. The number of piperidine rings is 1. The Morgan fingerprint density at radius 1 is 1.24 bits per heavy atom. The highest BCUT2D eigenvalue weighted by molar-refractivity contribution is 6.30. The minimum atomic E-state index is -0.0281. The van der Waals surface area contributed by atoms with Crippen LogP contribution in [-0.4, -0.2) is 33.4 Å². The van der Waals surface area contributed by atoms with Crippen molar-refractivity contribution in [3.63, 3.8) is 0 Å². The van der Waals surface area contributed by atoms with E-state index in [1.165, 1.54) is 5.52 Å². The van der Waals surface area contributed by atoms with Gasteiger partial charge in [-0.05, 0) is 63.6 Å². The fourth-order valence-corrected chi connectivity index (χ4v) is 4.40. The third-order valence-electron chi connectivity index (χ3n) is 5.52. The van der Waals surface area contributed by atoms with Crippen molar-refractivity contribution in [1.29, 1.82) is 0 Å². The number of para-hydroxylation sites is 2. The van der Waals surface area contributed by atoms with Crippen LogP contribution >= 0.6 is 11.6 Å². The average Bonchev–Trinajstić information content (AvgIpc) is 3.06. The molecule has 4 rings (SSSR count). The maximum Gasteiger partial charge on any atom is 0.228 e. The van der Waals surface area contributed by atoms with Gasteiger partial charge in [0.05, 0.1) is 23.5 Å². The van der Waals surface area contributed by atoms with Crippen molar-refractivity contribution < 1.29 is 4.79 Å². The molecule has 1 aliphatic heterocycles. The van der Waals surface area contributed by atoms with E-state index >= 15 is 0 Å². The zero-order chi connectivity index (χ0) is 20.4. The highest BCUT2D eigenvalue weighted by atomic mass is 35.5. The molecular weight excluding hydrogens is 384 g/mol. The molecule has 1 N–H and O–H groups in total. The monoisotopic (exact) mass is 410 g/mol. The van der Waals surface area contributed by atoms with Crippen molar-refractivity contribution in [2.24, 2.45) is 5.92 Å². The van der Waals surface area contributed by atoms with Crippen LogP contribution in [0.25, 0.3) is 11.0 Å². The van der Waals surface area contributed by atoms with Crippen LogP contribution in [0.3, 0.4) is 0 Å². The van der Waals surface area contributed by atoms with Crippen LogP contribution in [0.2, 0.25) is 5.02 Å². The fourth-order valence-electron chi connectivity index (χ4n) is 4.21. The summed E-state index contributed by atoms with van der Waals surface area (Å²) in [5.41, 5.74) is 2.95. The molecule has 0 radical (unpaired) electrons. The molecule has 0 spiro atoms. The van der Waals surface area contributed by atoms with Gasteiger partial charge >= 0.3 is 0 Å². The lowest BCUT2D eigenvalue weighted by Gasteiger charge is -2.32. The Bertz CT molecular complexity index is 1010. The quantitative estimate of drug-likeness (QED) is 0.635. The SMILES string of the molecule is CC(C)n1c(CN2CCC[C@@H](C(=O)Nc3cccc(Cl)c3)C2)nc2ccccc21. The minimum absolute atomic E-state index is 0.0281. The third-order valence-corrected chi connectivity index (χ3v) is 5.75. The predicted octanol–water partition coefficient (Wildman–Crippen LogP) is 5.12. The Balaban J connectivity index is 1.47. The molecule has 2 heterocycles. The Morgan fingerprint density at radius 2 is 2.07 bits per heavy atom. The maximum atomic E-state index is 12.8. The smallest absolute Gasteiger partial charge is 0.228 e. The first-order valence-electron chi connectivity index (χ1n) is 10.3. The molecule has 1 atom stereocenters. The summed E-state index contributed by atoms with van der Waals surface area (Å²) < 4.78 is 2.31. The Labute approximate surface area is 176 Å². The van der Waals surface area contributed by atoms with Crippen molar-refractivity contribution >= 4 is 34.2 Å². The van der Waals surface area contributed by atoms with Gasteiger partial charge in [0.1, 0.15) is 5.82 Å². The molecule has 1 aliphatic rings. The Hall–Kier alpha value is -2.37. The molecule has 3 aromatic rings. The molecule has 1 saturated heterocycles. The van der Waals surface area contributed by atoms with Crippen molar-refractivity contribution in [1.82, 2.24) is 14.5 Å². The summed E-state index contributed by atoms with van der Waals surface area (Å²) in [6.07, 6.45) is 1.92. The van der Waals surface area contributed by atoms with Crippen LogP contribution in [0.15, 0.2) is 48.5 Å². The van der Waals surface area contributed by atoms with Crippen LogP contribution in [-0.2, 0) is 11.3 Å². The molecule has 0 aliphatic carbocycles. The summed E-state index contributed by atoms with van der Waals surface area (Å²) in [5, 5.41) is 3.64. The van der Waals surface area contributed by atoms with Gasteiger partial charge in [0.15, 0.2) is 0 Å². The van der Waals surface area contributed by atoms with E-state index in [0.29, 0.717) is 11.1 Å². The van der Waals surface area contributed by atoms with Crippen LogP contribution in [0.4, 0.5) is 5.69 Å². The van der Waals surface area contributed by atoms with Gasteiger partial charge in [-0.15, -0.1) is 0 Å². The second-order valence-electron chi connectivity index (χ2n) is 8.05. The summed E-state index contributed by atoms with van der Waals surface area (Å²) in [4.78, 5) is 20.0. The van der Waals surface area contributed by atoms with Gasteiger partial charge in [0.25, 0.3) is 0 Å². The number of aromatic nitrogens is 2. The van der Waals surface area contributed by atoms with E-state index < -0.39 is 0 Å². The van der Waals surface area contributed by atoms with E-state index in [2.05, 4.69) is 46.8 Å². The molecule has 1 amide bonds. The largest absolute Gasteiger partial charge is 0.326 e. The summed E-state index contributed by atoms with van der Waals surface area (Å²) >= 11 is 6.03. The zero-order valence-electron chi connectivity index (χ0n) is 16.9. The number of nitrogens with one attached hydrogen (secondary N) is 1. The normalized spacial score (nSPS) is 17.7. The molecule has 2 aromatic carbocycles. The number of rotatable bonds is 5. The summed E-state index contributed by atoms with van der Waals surface area (Å²) in [5.74, 6) is 1.10. The van der Waals surface area contributed by atoms with Gasteiger partial charge in [-0.25, -0.2) is 4.98 Å². The van der Waals surface area contributed by atoms with Crippen molar-refractivity contribution in [3.8, 4) is 0 Å².